The number of hydrogen-bond acceptors (Lipinski definition) is 9. The number of aromatic carboxylic acids is 1. The van der Waals surface area contributed by atoms with Crippen LogP contribution in [0.25, 0.3) is 16.6 Å². The van der Waals surface area contributed by atoms with Crippen molar-refractivity contribution in [2.45, 2.75) is 19.9 Å². The number of carboxylic acid groups (broad SMARTS) is 1. The lowest BCUT2D eigenvalue weighted by molar-refractivity contribution is 0.0691. The third-order valence-electron chi connectivity index (χ3n) is 7.36. The van der Waals surface area contributed by atoms with E-state index in [9.17, 15) is 14.7 Å². The van der Waals surface area contributed by atoms with E-state index in [2.05, 4.69) is 30.2 Å². The number of nitrogens with one attached hydrogen (secondary N) is 1. The minimum atomic E-state index is -1.19. The van der Waals surface area contributed by atoms with Crippen LogP contribution < -0.4 is 20.7 Å². The van der Waals surface area contributed by atoms with Crippen LogP contribution in [0.2, 0.25) is 5.15 Å². The van der Waals surface area contributed by atoms with E-state index in [1.54, 1.807) is 28.4 Å². The molecule has 0 aliphatic carbocycles. The number of hydrogen-bond donors (Lipinski definition) is 2. The molecule has 0 unspecified atom stereocenters. The Kier molecular flexibility index (Phi) is 6.70. The molecule has 5 heterocycles. The van der Waals surface area contributed by atoms with Crippen LogP contribution in [0.4, 0.5) is 17.5 Å². The smallest absolute Gasteiger partial charge is 0.356 e. The van der Waals surface area contributed by atoms with Crippen molar-refractivity contribution in [3.63, 3.8) is 0 Å². The molecule has 1 saturated heterocycles. The number of aryl methyl sites for hydroxylation is 1. The normalized spacial score (nSPS) is 14.5. The predicted octanol–water partition coefficient (Wildman–Crippen LogP) is 3.53. The van der Waals surface area contributed by atoms with Gasteiger partial charge in [0.05, 0.1) is 22.6 Å². The number of rotatable bonds is 6. The Hall–Kier alpha value is -4.71. The molecule has 5 aromatic rings. The van der Waals surface area contributed by atoms with Gasteiger partial charge in [-0.1, -0.05) is 17.7 Å². The third-order valence-corrected chi connectivity index (χ3v) is 7.57. The maximum atomic E-state index is 13.6. The van der Waals surface area contributed by atoms with E-state index in [1.165, 1.54) is 6.07 Å². The van der Waals surface area contributed by atoms with Gasteiger partial charge in [0, 0.05) is 51.2 Å². The largest absolute Gasteiger partial charge is 0.476 e. The Bertz CT molecular complexity index is 1860. The summed E-state index contributed by atoms with van der Waals surface area (Å²) in [6, 6.07) is 10.5. The van der Waals surface area contributed by atoms with Crippen molar-refractivity contribution >= 4 is 51.6 Å². The lowest BCUT2D eigenvalue weighted by Crippen LogP contribution is -2.48. The molecule has 0 spiro atoms. The van der Waals surface area contributed by atoms with Crippen LogP contribution in [0.3, 0.4) is 0 Å². The number of carbonyl (C=O) groups is 1. The highest BCUT2D eigenvalue weighted by Gasteiger charge is 2.24. The number of aromatic nitrogens is 6. The van der Waals surface area contributed by atoms with Crippen LogP contribution in [-0.2, 0) is 7.05 Å². The van der Waals surface area contributed by atoms with Gasteiger partial charge in [0.25, 0.3) is 5.56 Å². The van der Waals surface area contributed by atoms with Crippen molar-refractivity contribution in [2.75, 3.05) is 41.3 Å². The van der Waals surface area contributed by atoms with Gasteiger partial charge in [-0.15, -0.1) is 5.10 Å². The number of nitrogens with zero attached hydrogens (tertiary/aromatic N) is 8. The highest BCUT2D eigenvalue weighted by molar-refractivity contribution is 6.29. The van der Waals surface area contributed by atoms with Gasteiger partial charge in [0.15, 0.2) is 11.3 Å². The number of piperazine rings is 1. The van der Waals surface area contributed by atoms with E-state index < -0.39 is 5.97 Å². The number of imidazole rings is 1. The standard InChI is InChI=1S/C28H28ClN9O3/c1-16-14-18(17(2)31-20-4-5-21(29)32-25(20)27(40)41)24-19(15-16)26(39)35(3)28(33-24)37-12-10-36(11-13-37)23-7-6-22-30-8-9-38(22)34-23/h4-9,14-15,17,31H,10-13H2,1-3H3,(H,40,41)/t17-/m1/s1. The molecule has 1 aromatic carbocycles. The van der Waals surface area contributed by atoms with Gasteiger partial charge in [-0.3, -0.25) is 9.36 Å². The summed E-state index contributed by atoms with van der Waals surface area (Å²) < 4.78 is 3.36. The molecular weight excluding hydrogens is 546 g/mol. The summed E-state index contributed by atoms with van der Waals surface area (Å²) >= 11 is 5.94. The highest BCUT2D eigenvalue weighted by Crippen LogP contribution is 2.29. The molecule has 0 saturated carbocycles. The quantitative estimate of drug-likeness (QED) is 0.290. The van der Waals surface area contributed by atoms with Crippen molar-refractivity contribution in [1.29, 1.82) is 0 Å². The molecule has 13 heteroatoms. The number of halogens is 1. The number of carboxylic acids is 1. The van der Waals surface area contributed by atoms with Crippen molar-refractivity contribution < 1.29 is 9.90 Å². The van der Waals surface area contributed by atoms with Gasteiger partial charge in [0.1, 0.15) is 11.0 Å². The second-order valence-electron chi connectivity index (χ2n) is 10.1. The van der Waals surface area contributed by atoms with Gasteiger partial charge in [-0.25, -0.2) is 24.3 Å². The van der Waals surface area contributed by atoms with Gasteiger partial charge >= 0.3 is 5.97 Å². The van der Waals surface area contributed by atoms with Crippen LogP contribution >= 0.6 is 11.6 Å². The number of benzene rings is 1. The summed E-state index contributed by atoms with van der Waals surface area (Å²) in [6.45, 7) is 6.55. The first-order valence-corrected chi connectivity index (χ1v) is 13.6. The molecule has 1 aliphatic heterocycles. The zero-order valence-electron chi connectivity index (χ0n) is 22.7. The molecule has 0 bridgehead atoms. The SMILES string of the molecule is Cc1cc([C@@H](C)Nc2ccc(Cl)nc2C(=O)O)c2nc(N3CCN(c4ccc5nccn5n4)CC3)n(C)c(=O)c2c1. The van der Waals surface area contributed by atoms with Crippen molar-refractivity contribution in [3.05, 3.63) is 81.1 Å². The second-order valence-corrected chi connectivity index (χ2v) is 10.5. The van der Waals surface area contributed by atoms with Gasteiger partial charge in [0.2, 0.25) is 5.95 Å². The van der Waals surface area contributed by atoms with Crippen LogP contribution in [0.15, 0.2) is 53.6 Å². The van der Waals surface area contributed by atoms with Crippen molar-refractivity contribution in [3.8, 4) is 0 Å². The van der Waals surface area contributed by atoms with E-state index in [1.807, 2.05) is 44.3 Å². The number of anilines is 3. The Labute approximate surface area is 239 Å². The molecule has 1 aliphatic rings. The van der Waals surface area contributed by atoms with Crippen LogP contribution in [0.1, 0.15) is 34.6 Å². The molecule has 210 valence electrons. The number of pyridine rings is 1. The van der Waals surface area contributed by atoms with Gasteiger partial charge in [-0.05, 0) is 49.7 Å². The van der Waals surface area contributed by atoms with Gasteiger partial charge in [-0.2, -0.15) is 0 Å². The van der Waals surface area contributed by atoms with E-state index in [-0.39, 0.29) is 22.4 Å². The van der Waals surface area contributed by atoms with Crippen LogP contribution in [0.5, 0.6) is 0 Å². The van der Waals surface area contributed by atoms with Gasteiger partial charge < -0.3 is 20.2 Å². The van der Waals surface area contributed by atoms with Crippen molar-refractivity contribution in [1.82, 2.24) is 29.1 Å². The topological polar surface area (TPSA) is 134 Å². The Balaban J connectivity index is 1.32. The Morgan fingerprint density at radius 1 is 1.07 bits per heavy atom. The molecule has 41 heavy (non-hydrogen) atoms. The first-order valence-electron chi connectivity index (χ1n) is 13.2. The Morgan fingerprint density at radius 2 is 1.83 bits per heavy atom. The molecule has 1 atom stereocenters. The van der Waals surface area contributed by atoms with Crippen LogP contribution in [0, 0.1) is 6.92 Å². The second kappa shape index (κ2) is 10.4. The van der Waals surface area contributed by atoms with E-state index >= 15 is 0 Å². The van der Waals surface area contributed by atoms with E-state index in [4.69, 9.17) is 16.6 Å². The minimum Gasteiger partial charge on any atom is -0.476 e. The van der Waals surface area contributed by atoms with Crippen molar-refractivity contribution in [2.24, 2.45) is 7.05 Å². The molecule has 12 nitrogen and oxygen atoms in total. The first kappa shape index (κ1) is 26.5. The molecule has 2 N–H and O–H groups in total. The lowest BCUT2D eigenvalue weighted by atomic mass is 10.0. The molecule has 0 amide bonds. The zero-order valence-corrected chi connectivity index (χ0v) is 23.5. The lowest BCUT2D eigenvalue weighted by Gasteiger charge is -2.36. The maximum Gasteiger partial charge on any atom is 0.356 e. The minimum absolute atomic E-state index is 0.0922. The van der Waals surface area contributed by atoms with E-state index in [0.717, 1.165) is 22.6 Å². The number of fused-ring (bicyclic) bond motifs is 2. The third kappa shape index (κ3) is 4.91. The zero-order chi connectivity index (χ0) is 28.8. The fourth-order valence-electron chi connectivity index (χ4n) is 5.29. The maximum absolute atomic E-state index is 13.6. The monoisotopic (exact) mass is 573 g/mol. The predicted molar refractivity (Wildman–Crippen MR) is 157 cm³/mol. The molecule has 1 fully saturated rings. The summed E-state index contributed by atoms with van der Waals surface area (Å²) in [7, 11) is 1.74. The average molecular weight is 574 g/mol. The highest BCUT2D eigenvalue weighted by atomic mass is 35.5. The Morgan fingerprint density at radius 3 is 2.59 bits per heavy atom. The average Bonchev–Trinajstić information content (AvgIpc) is 3.44. The summed E-state index contributed by atoms with van der Waals surface area (Å²) in [5, 5.41) is 18.1. The summed E-state index contributed by atoms with van der Waals surface area (Å²) in [6.07, 6.45) is 3.55. The van der Waals surface area contributed by atoms with E-state index in [0.29, 0.717) is 48.7 Å². The molecule has 6 rings (SSSR count). The fourth-order valence-corrected chi connectivity index (χ4v) is 5.44. The molecule has 0 radical (unpaired) electrons. The fraction of sp³-hybridized carbons (Fsp3) is 0.286. The summed E-state index contributed by atoms with van der Waals surface area (Å²) in [5.41, 5.74) is 3.05. The first-order chi connectivity index (χ1) is 19.7. The molecule has 4 aromatic heterocycles. The summed E-state index contributed by atoms with van der Waals surface area (Å²) in [5.74, 6) is 0.257. The summed E-state index contributed by atoms with van der Waals surface area (Å²) in [4.78, 5) is 42.9. The van der Waals surface area contributed by atoms with Crippen LogP contribution in [-0.4, -0.2) is 66.4 Å². The molecular formula is C28H28ClN9O3.